The third-order valence-corrected chi connectivity index (χ3v) is 5.56. The fourth-order valence-electron chi connectivity index (χ4n) is 3.49. The highest BCUT2D eigenvalue weighted by Gasteiger charge is 2.20. The molecule has 1 heterocycles. The summed E-state index contributed by atoms with van der Waals surface area (Å²) in [5.74, 6) is 0.289. The Bertz CT molecular complexity index is 1290. The minimum Gasteiger partial charge on any atom is -0.319 e. The summed E-state index contributed by atoms with van der Waals surface area (Å²) in [6.45, 7) is 8.05. The van der Waals surface area contributed by atoms with E-state index in [4.69, 9.17) is 11.6 Å². The second kappa shape index (κ2) is 8.36. The molecule has 0 aliphatic heterocycles. The number of halogens is 1. The van der Waals surface area contributed by atoms with Crippen LogP contribution in [0.1, 0.15) is 32.9 Å². The lowest BCUT2D eigenvalue weighted by Crippen LogP contribution is -2.15. The third kappa shape index (κ3) is 4.23. The number of benzene rings is 3. The van der Waals surface area contributed by atoms with Crippen molar-refractivity contribution in [1.29, 1.82) is 0 Å². The SMILES string of the molecule is Cc1ccc(NC(=O)c2nc(-c3cccc(Cl)c3)n(-c3cccc(C)c3C)n2)c(C)c1. The number of nitrogens with one attached hydrogen (secondary N) is 1. The number of rotatable bonds is 4. The molecule has 0 saturated carbocycles. The molecular weight excluding hydrogens is 408 g/mol. The van der Waals surface area contributed by atoms with Crippen LogP contribution in [0, 0.1) is 27.7 Å². The van der Waals surface area contributed by atoms with Gasteiger partial charge in [-0.3, -0.25) is 4.79 Å². The van der Waals surface area contributed by atoms with Gasteiger partial charge in [0.2, 0.25) is 5.82 Å². The van der Waals surface area contributed by atoms with Crippen molar-refractivity contribution in [2.75, 3.05) is 5.32 Å². The molecule has 1 N–H and O–H groups in total. The molecule has 156 valence electrons. The highest BCUT2D eigenvalue weighted by atomic mass is 35.5. The zero-order valence-corrected chi connectivity index (χ0v) is 18.7. The molecule has 0 fully saturated rings. The highest BCUT2D eigenvalue weighted by Crippen LogP contribution is 2.27. The van der Waals surface area contributed by atoms with Gasteiger partial charge in [0.25, 0.3) is 5.91 Å². The van der Waals surface area contributed by atoms with Crippen LogP contribution >= 0.6 is 11.6 Å². The van der Waals surface area contributed by atoms with Crippen LogP contribution < -0.4 is 5.32 Å². The van der Waals surface area contributed by atoms with Gasteiger partial charge in [0.15, 0.2) is 5.82 Å². The first-order valence-corrected chi connectivity index (χ1v) is 10.4. The Morgan fingerprint density at radius 1 is 0.935 bits per heavy atom. The Kier molecular flexibility index (Phi) is 5.61. The van der Waals surface area contributed by atoms with Crippen LogP contribution in [0.2, 0.25) is 5.02 Å². The number of carbonyl (C=O) groups is 1. The quantitative estimate of drug-likeness (QED) is 0.427. The first-order chi connectivity index (χ1) is 14.8. The van der Waals surface area contributed by atoms with E-state index in [0.717, 1.165) is 39.2 Å². The van der Waals surface area contributed by atoms with Crippen LogP contribution in [0.3, 0.4) is 0 Å². The molecule has 31 heavy (non-hydrogen) atoms. The van der Waals surface area contributed by atoms with Gasteiger partial charge >= 0.3 is 0 Å². The number of aromatic nitrogens is 3. The molecule has 5 nitrogen and oxygen atoms in total. The maximum absolute atomic E-state index is 13.0. The monoisotopic (exact) mass is 430 g/mol. The molecule has 4 rings (SSSR count). The van der Waals surface area contributed by atoms with Crippen LogP contribution in [-0.2, 0) is 0 Å². The largest absolute Gasteiger partial charge is 0.319 e. The average molecular weight is 431 g/mol. The van der Waals surface area contributed by atoms with Crippen molar-refractivity contribution >= 4 is 23.2 Å². The number of hydrogen-bond acceptors (Lipinski definition) is 3. The Balaban J connectivity index is 1.81. The van der Waals surface area contributed by atoms with Crippen molar-refractivity contribution < 1.29 is 4.79 Å². The van der Waals surface area contributed by atoms with E-state index in [0.29, 0.717) is 10.8 Å². The number of hydrogen-bond donors (Lipinski definition) is 1. The summed E-state index contributed by atoms with van der Waals surface area (Å²) in [5.41, 5.74) is 6.71. The first kappa shape index (κ1) is 20.8. The standard InChI is InChI=1S/C25H23ClN4O/c1-15-11-12-21(17(3)13-15)27-25(31)23-28-24(19-8-6-9-20(26)14-19)30(29-23)22-10-5-7-16(2)18(22)4/h5-14H,1-4H3,(H,27,31). The van der Waals surface area contributed by atoms with Crippen molar-refractivity contribution in [2.24, 2.45) is 0 Å². The van der Waals surface area contributed by atoms with Crippen molar-refractivity contribution in [2.45, 2.75) is 27.7 Å². The second-order valence-corrected chi connectivity index (χ2v) is 8.11. The second-order valence-electron chi connectivity index (χ2n) is 7.67. The number of nitrogens with zero attached hydrogens (tertiary/aromatic N) is 3. The summed E-state index contributed by atoms with van der Waals surface area (Å²) >= 11 is 6.22. The van der Waals surface area contributed by atoms with Gasteiger partial charge in [0, 0.05) is 16.3 Å². The van der Waals surface area contributed by atoms with Gasteiger partial charge in [-0.2, -0.15) is 0 Å². The topological polar surface area (TPSA) is 59.8 Å². The molecular formula is C25H23ClN4O. The van der Waals surface area contributed by atoms with E-state index in [1.807, 2.05) is 82.3 Å². The summed E-state index contributed by atoms with van der Waals surface area (Å²) in [6.07, 6.45) is 0. The number of amides is 1. The van der Waals surface area contributed by atoms with E-state index in [2.05, 4.69) is 15.4 Å². The lowest BCUT2D eigenvalue weighted by Gasteiger charge is -2.11. The molecule has 0 unspecified atom stereocenters. The molecule has 0 atom stereocenters. The fourth-order valence-corrected chi connectivity index (χ4v) is 3.68. The van der Waals surface area contributed by atoms with E-state index in [9.17, 15) is 4.79 Å². The average Bonchev–Trinajstić information content (AvgIpc) is 3.17. The molecule has 0 saturated heterocycles. The molecule has 1 amide bonds. The zero-order chi connectivity index (χ0) is 22.1. The number of aryl methyl sites for hydroxylation is 3. The molecule has 0 bridgehead atoms. The van der Waals surface area contributed by atoms with Gasteiger partial charge in [0.1, 0.15) is 0 Å². The summed E-state index contributed by atoms with van der Waals surface area (Å²) in [7, 11) is 0. The third-order valence-electron chi connectivity index (χ3n) is 5.33. The van der Waals surface area contributed by atoms with Crippen LogP contribution in [-0.4, -0.2) is 20.7 Å². The summed E-state index contributed by atoms with van der Waals surface area (Å²) in [5, 5.41) is 8.11. The molecule has 0 aliphatic carbocycles. The summed E-state index contributed by atoms with van der Waals surface area (Å²) in [4.78, 5) is 17.6. The van der Waals surface area contributed by atoms with E-state index in [1.165, 1.54) is 0 Å². The van der Waals surface area contributed by atoms with Crippen LogP contribution in [0.5, 0.6) is 0 Å². The predicted octanol–water partition coefficient (Wildman–Crippen LogP) is 6.07. The van der Waals surface area contributed by atoms with E-state index < -0.39 is 0 Å². The van der Waals surface area contributed by atoms with Gasteiger partial charge < -0.3 is 5.32 Å². The molecule has 6 heteroatoms. The van der Waals surface area contributed by atoms with Crippen LogP contribution in [0.4, 0.5) is 5.69 Å². The summed E-state index contributed by atoms with van der Waals surface area (Å²) in [6, 6.07) is 19.2. The smallest absolute Gasteiger partial charge is 0.295 e. The highest BCUT2D eigenvalue weighted by molar-refractivity contribution is 6.30. The van der Waals surface area contributed by atoms with E-state index in [-0.39, 0.29) is 11.7 Å². The lowest BCUT2D eigenvalue weighted by molar-refractivity contribution is 0.101. The first-order valence-electron chi connectivity index (χ1n) is 10.0. The normalized spacial score (nSPS) is 10.9. The Labute approximate surface area is 186 Å². The zero-order valence-electron chi connectivity index (χ0n) is 17.9. The van der Waals surface area contributed by atoms with Crippen LogP contribution in [0.15, 0.2) is 60.7 Å². The van der Waals surface area contributed by atoms with Gasteiger partial charge in [0.05, 0.1) is 5.69 Å². The van der Waals surface area contributed by atoms with Gasteiger partial charge in [-0.1, -0.05) is 53.6 Å². The molecule has 1 aromatic heterocycles. The van der Waals surface area contributed by atoms with Crippen molar-refractivity contribution in [1.82, 2.24) is 14.8 Å². The van der Waals surface area contributed by atoms with Crippen molar-refractivity contribution in [3.63, 3.8) is 0 Å². The molecule has 0 radical (unpaired) electrons. The minimum absolute atomic E-state index is 0.0934. The Hall–Kier alpha value is -3.44. The maximum atomic E-state index is 13.0. The minimum atomic E-state index is -0.362. The molecule has 3 aromatic carbocycles. The maximum Gasteiger partial charge on any atom is 0.295 e. The number of anilines is 1. The predicted molar refractivity (Wildman–Crippen MR) is 125 cm³/mol. The van der Waals surface area contributed by atoms with Crippen molar-refractivity contribution in [3.8, 4) is 17.1 Å². The van der Waals surface area contributed by atoms with Gasteiger partial charge in [-0.25, -0.2) is 9.67 Å². The van der Waals surface area contributed by atoms with Crippen LogP contribution in [0.25, 0.3) is 17.1 Å². The van der Waals surface area contributed by atoms with E-state index in [1.54, 1.807) is 10.7 Å². The molecule has 0 aliphatic rings. The molecule has 0 spiro atoms. The Morgan fingerprint density at radius 2 is 1.71 bits per heavy atom. The fraction of sp³-hybridized carbons (Fsp3) is 0.160. The molecule has 4 aromatic rings. The number of carbonyl (C=O) groups excluding carboxylic acids is 1. The van der Waals surface area contributed by atoms with Gasteiger partial charge in [-0.15, -0.1) is 5.10 Å². The lowest BCUT2D eigenvalue weighted by atomic mass is 10.1. The van der Waals surface area contributed by atoms with Gasteiger partial charge in [-0.05, 0) is 68.7 Å². The van der Waals surface area contributed by atoms with E-state index >= 15 is 0 Å². The summed E-state index contributed by atoms with van der Waals surface area (Å²) < 4.78 is 1.71. The van der Waals surface area contributed by atoms with Crippen molar-refractivity contribution in [3.05, 3.63) is 93.8 Å². The Morgan fingerprint density at radius 3 is 2.45 bits per heavy atom.